The summed E-state index contributed by atoms with van der Waals surface area (Å²) in [7, 11) is -3.41. The van der Waals surface area contributed by atoms with Crippen LogP contribution in [-0.2, 0) is 22.6 Å². The van der Waals surface area contributed by atoms with Gasteiger partial charge in [-0.1, -0.05) is 19.1 Å². The summed E-state index contributed by atoms with van der Waals surface area (Å²) in [6.07, 6.45) is -3.56. The largest absolute Gasteiger partial charge is 0.433 e. The number of alkyl halides is 3. The van der Waals surface area contributed by atoms with Crippen molar-refractivity contribution in [3.8, 4) is 0 Å². The molecule has 0 spiro atoms. The van der Waals surface area contributed by atoms with Crippen LogP contribution in [0.25, 0.3) is 0 Å². The Labute approximate surface area is 224 Å². The van der Waals surface area contributed by atoms with Crippen molar-refractivity contribution in [1.29, 1.82) is 0 Å². The van der Waals surface area contributed by atoms with Gasteiger partial charge in [0.2, 0.25) is 0 Å². The number of hydrogen-bond donors (Lipinski definition) is 2. The molecule has 0 saturated heterocycles. The summed E-state index contributed by atoms with van der Waals surface area (Å²) in [4.78, 5) is 17.9. The molecule has 1 amide bonds. The van der Waals surface area contributed by atoms with Crippen molar-refractivity contribution in [1.82, 2.24) is 10.3 Å². The van der Waals surface area contributed by atoms with Crippen molar-refractivity contribution in [2.75, 3.05) is 17.3 Å². The molecule has 1 atom stereocenters. The van der Waals surface area contributed by atoms with E-state index in [0.29, 0.717) is 5.56 Å². The van der Waals surface area contributed by atoms with Crippen LogP contribution >= 0.6 is 0 Å². The number of carbonyl (C=O) groups is 1. The lowest BCUT2D eigenvalue weighted by Gasteiger charge is -2.30. The summed E-state index contributed by atoms with van der Waals surface area (Å²) in [6, 6.07) is 10.7. The van der Waals surface area contributed by atoms with Crippen LogP contribution in [0.2, 0.25) is 0 Å². The molecule has 7 nitrogen and oxygen atoms in total. The molecule has 0 radical (unpaired) electrons. The molecule has 210 valence electrons. The van der Waals surface area contributed by atoms with E-state index < -0.39 is 46.1 Å². The molecule has 0 aliphatic rings. The molecule has 1 aromatic heterocycles. The zero-order valence-corrected chi connectivity index (χ0v) is 22.4. The molecule has 12 heteroatoms. The minimum absolute atomic E-state index is 0.0257. The van der Waals surface area contributed by atoms with Crippen LogP contribution in [-0.4, -0.2) is 42.8 Å². The van der Waals surface area contributed by atoms with E-state index in [1.54, 1.807) is 18.7 Å². The third kappa shape index (κ3) is 7.33. The number of halogens is 4. The van der Waals surface area contributed by atoms with Crippen LogP contribution in [0, 0.1) is 5.82 Å². The maximum atomic E-state index is 15.2. The monoisotopic (exact) mass is 567 g/mol. The second-order valence-electron chi connectivity index (χ2n) is 9.12. The van der Waals surface area contributed by atoms with Crippen molar-refractivity contribution in [2.24, 2.45) is 0 Å². The number of benzene rings is 2. The molecule has 0 unspecified atom stereocenters. The first-order chi connectivity index (χ1) is 18.3. The number of anilines is 1. The van der Waals surface area contributed by atoms with Crippen LogP contribution in [0.15, 0.2) is 65.7 Å². The molecule has 39 heavy (non-hydrogen) atoms. The molecular weight excluding hydrogens is 538 g/mol. The van der Waals surface area contributed by atoms with Crippen molar-refractivity contribution in [3.63, 3.8) is 0 Å². The van der Waals surface area contributed by atoms with E-state index in [2.05, 4.69) is 10.3 Å². The van der Waals surface area contributed by atoms with Gasteiger partial charge in [-0.3, -0.25) is 9.78 Å². The van der Waals surface area contributed by atoms with Crippen LogP contribution in [0.1, 0.15) is 54.0 Å². The van der Waals surface area contributed by atoms with Gasteiger partial charge in [-0.15, -0.1) is 0 Å². The van der Waals surface area contributed by atoms with E-state index in [4.69, 9.17) is 0 Å². The van der Waals surface area contributed by atoms with Crippen LogP contribution in [0.4, 0.5) is 23.2 Å². The molecule has 0 aliphatic carbocycles. The molecular formula is C27H29F4N3O4S. The van der Waals surface area contributed by atoms with Gasteiger partial charge in [0, 0.05) is 24.3 Å². The second-order valence-corrected chi connectivity index (χ2v) is 11.4. The van der Waals surface area contributed by atoms with E-state index in [1.807, 2.05) is 0 Å². The Bertz CT molecular complexity index is 1410. The SMILES string of the molecule is CCS(=O)(=O)c1ccc([C@H](CO)NC(=O)c2ccc(N(Cc3ccnc(C(F)(F)F)c3)C(C)C)c(F)c2)cc1. The van der Waals surface area contributed by atoms with Crippen molar-refractivity contribution >= 4 is 21.4 Å². The minimum Gasteiger partial charge on any atom is -0.394 e. The van der Waals surface area contributed by atoms with Gasteiger partial charge >= 0.3 is 6.18 Å². The van der Waals surface area contributed by atoms with E-state index in [0.717, 1.165) is 18.3 Å². The standard InChI is InChI=1S/C27H29F4N3O4S/c1-4-39(37,38)21-8-5-19(6-9-21)23(16-35)33-26(36)20-7-10-24(22(28)14-20)34(17(2)3)15-18-11-12-32-25(13-18)27(29,30)31/h5-14,17,23,35H,4,15-16H2,1-3H3,(H,33,36)/t23-/m0/s1. The van der Waals surface area contributed by atoms with Gasteiger partial charge < -0.3 is 15.3 Å². The summed E-state index contributed by atoms with van der Waals surface area (Å²) in [6.45, 7) is 4.53. The van der Waals surface area contributed by atoms with Crippen LogP contribution in [0.3, 0.4) is 0 Å². The van der Waals surface area contributed by atoms with Crippen molar-refractivity contribution in [2.45, 2.75) is 50.5 Å². The Kier molecular flexibility index (Phi) is 9.34. The summed E-state index contributed by atoms with van der Waals surface area (Å²) in [5.41, 5.74) is -0.239. The Morgan fingerprint density at radius 3 is 2.28 bits per heavy atom. The number of carbonyl (C=O) groups excluding carboxylic acids is 1. The highest BCUT2D eigenvalue weighted by Gasteiger charge is 2.32. The summed E-state index contributed by atoms with van der Waals surface area (Å²) in [5.74, 6) is -1.50. The molecule has 1 heterocycles. The van der Waals surface area contributed by atoms with Gasteiger partial charge in [-0.25, -0.2) is 12.8 Å². The predicted octanol–water partition coefficient (Wildman–Crippen LogP) is 4.91. The number of nitrogens with zero attached hydrogens (tertiary/aromatic N) is 2. The lowest BCUT2D eigenvalue weighted by molar-refractivity contribution is -0.141. The average molecular weight is 568 g/mol. The fraction of sp³-hybridized carbons (Fsp3) is 0.333. The number of hydrogen-bond acceptors (Lipinski definition) is 6. The second kappa shape index (κ2) is 12.1. The van der Waals surface area contributed by atoms with Gasteiger partial charge in [0.1, 0.15) is 11.5 Å². The zero-order chi connectivity index (χ0) is 29.0. The minimum atomic E-state index is -4.61. The first-order valence-corrected chi connectivity index (χ1v) is 13.7. The predicted molar refractivity (Wildman–Crippen MR) is 138 cm³/mol. The molecule has 3 rings (SSSR count). The van der Waals surface area contributed by atoms with Gasteiger partial charge in [-0.2, -0.15) is 13.2 Å². The number of pyridine rings is 1. The smallest absolute Gasteiger partial charge is 0.394 e. The van der Waals surface area contributed by atoms with E-state index in [9.17, 15) is 31.5 Å². The fourth-order valence-corrected chi connectivity index (χ4v) is 4.79. The first-order valence-electron chi connectivity index (χ1n) is 12.1. The Hall–Kier alpha value is -3.51. The molecule has 0 saturated carbocycles. The molecule has 2 N–H and O–H groups in total. The fourth-order valence-electron chi connectivity index (χ4n) is 3.90. The third-order valence-corrected chi connectivity index (χ3v) is 7.87. The molecule has 0 fully saturated rings. The lowest BCUT2D eigenvalue weighted by Crippen LogP contribution is -2.32. The maximum Gasteiger partial charge on any atom is 0.433 e. The topological polar surface area (TPSA) is 99.6 Å². The highest BCUT2D eigenvalue weighted by atomic mass is 32.2. The Balaban J connectivity index is 1.79. The number of nitrogens with one attached hydrogen (secondary N) is 1. The van der Waals surface area contributed by atoms with Gasteiger partial charge in [0.05, 0.1) is 29.0 Å². The summed E-state index contributed by atoms with van der Waals surface area (Å²) in [5, 5.41) is 12.4. The number of sulfone groups is 1. The number of amides is 1. The molecule has 2 aromatic carbocycles. The van der Waals surface area contributed by atoms with E-state index in [-0.39, 0.29) is 40.0 Å². The van der Waals surface area contributed by atoms with E-state index in [1.165, 1.54) is 49.4 Å². The molecule has 0 bridgehead atoms. The van der Waals surface area contributed by atoms with Crippen molar-refractivity contribution in [3.05, 3.63) is 89.0 Å². The third-order valence-electron chi connectivity index (χ3n) is 6.12. The van der Waals surface area contributed by atoms with Gasteiger partial charge in [-0.05, 0) is 67.4 Å². The van der Waals surface area contributed by atoms with Gasteiger partial charge in [0.15, 0.2) is 9.84 Å². The highest BCUT2D eigenvalue weighted by molar-refractivity contribution is 7.91. The molecule has 0 aliphatic heterocycles. The Morgan fingerprint density at radius 1 is 1.08 bits per heavy atom. The van der Waals surface area contributed by atoms with Gasteiger partial charge in [0.25, 0.3) is 5.91 Å². The number of aromatic nitrogens is 1. The van der Waals surface area contributed by atoms with Crippen LogP contribution in [0.5, 0.6) is 0 Å². The number of aliphatic hydroxyl groups is 1. The summed E-state index contributed by atoms with van der Waals surface area (Å²) < 4.78 is 78.4. The number of aliphatic hydroxyl groups excluding tert-OH is 1. The van der Waals surface area contributed by atoms with Crippen LogP contribution < -0.4 is 10.2 Å². The van der Waals surface area contributed by atoms with Crippen molar-refractivity contribution < 1.29 is 35.9 Å². The first kappa shape index (κ1) is 30.0. The normalized spacial score (nSPS) is 12.8. The Morgan fingerprint density at radius 2 is 1.74 bits per heavy atom. The lowest BCUT2D eigenvalue weighted by atomic mass is 10.1. The number of rotatable bonds is 10. The highest BCUT2D eigenvalue weighted by Crippen LogP contribution is 2.30. The maximum absolute atomic E-state index is 15.2. The summed E-state index contributed by atoms with van der Waals surface area (Å²) >= 11 is 0. The quantitative estimate of drug-likeness (QED) is 0.338. The van der Waals surface area contributed by atoms with E-state index >= 15 is 4.39 Å². The zero-order valence-electron chi connectivity index (χ0n) is 21.5. The average Bonchev–Trinajstić information content (AvgIpc) is 2.90. The molecule has 3 aromatic rings.